The maximum Gasteiger partial charge on any atom is 0.296 e. The number of H-pyrrole nitrogens is 1. The number of aromatic amines is 1. The molecule has 2 heterocycles. The van der Waals surface area contributed by atoms with Crippen molar-refractivity contribution in [3.63, 3.8) is 0 Å². The molecule has 3 N–H and O–H groups in total. The minimum Gasteiger partial charge on any atom is -0.392 e. The standard InChI is InChI=1S/C13H17N5O2/c1-3-17(4-2)13(20)11-10(14)12(19)18(16-11)9-7-5-6-8-15-9/h5-8,16H,3-4,14H2,1-2H3. The van der Waals surface area contributed by atoms with Crippen molar-refractivity contribution in [2.24, 2.45) is 0 Å². The van der Waals surface area contributed by atoms with Gasteiger partial charge in [0.1, 0.15) is 11.4 Å². The number of carbonyl (C=O) groups is 1. The summed E-state index contributed by atoms with van der Waals surface area (Å²) in [6, 6.07) is 5.14. The Labute approximate surface area is 116 Å². The first-order valence-corrected chi connectivity index (χ1v) is 6.41. The van der Waals surface area contributed by atoms with Crippen LogP contribution in [0.25, 0.3) is 5.82 Å². The second-order valence-corrected chi connectivity index (χ2v) is 4.21. The number of hydrogen-bond acceptors (Lipinski definition) is 4. The van der Waals surface area contributed by atoms with Crippen LogP contribution in [0.2, 0.25) is 0 Å². The van der Waals surface area contributed by atoms with E-state index in [2.05, 4.69) is 10.1 Å². The Bertz CT molecular complexity index is 655. The molecule has 0 bridgehead atoms. The van der Waals surface area contributed by atoms with Gasteiger partial charge in [0, 0.05) is 19.3 Å². The van der Waals surface area contributed by atoms with E-state index < -0.39 is 5.56 Å². The Morgan fingerprint density at radius 3 is 2.65 bits per heavy atom. The normalized spacial score (nSPS) is 10.5. The molecule has 0 aliphatic carbocycles. The highest BCUT2D eigenvalue weighted by Crippen LogP contribution is 2.10. The molecule has 0 radical (unpaired) electrons. The van der Waals surface area contributed by atoms with Gasteiger partial charge in [-0.25, -0.2) is 4.98 Å². The van der Waals surface area contributed by atoms with E-state index in [0.717, 1.165) is 0 Å². The van der Waals surface area contributed by atoms with Gasteiger partial charge in [-0.05, 0) is 26.0 Å². The summed E-state index contributed by atoms with van der Waals surface area (Å²) in [6.45, 7) is 4.83. The number of anilines is 1. The fourth-order valence-electron chi connectivity index (χ4n) is 1.93. The molecule has 0 saturated carbocycles. The van der Waals surface area contributed by atoms with Crippen LogP contribution < -0.4 is 11.3 Å². The first-order chi connectivity index (χ1) is 9.60. The molecule has 0 aromatic carbocycles. The average molecular weight is 275 g/mol. The maximum absolute atomic E-state index is 12.3. The van der Waals surface area contributed by atoms with E-state index in [1.165, 1.54) is 4.68 Å². The van der Waals surface area contributed by atoms with Crippen LogP contribution in [0.15, 0.2) is 29.2 Å². The number of hydrogen-bond donors (Lipinski definition) is 2. The molecule has 0 aliphatic heterocycles. The minimum atomic E-state index is -0.473. The quantitative estimate of drug-likeness (QED) is 0.855. The Hall–Kier alpha value is -2.57. The lowest BCUT2D eigenvalue weighted by Crippen LogP contribution is -2.31. The number of amides is 1. The smallest absolute Gasteiger partial charge is 0.296 e. The summed E-state index contributed by atoms with van der Waals surface area (Å²) in [7, 11) is 0. The van der Waals surface area contributed by atoms with Crippen molar-refractivity contribution in [3.05, 3.63) is 40.4 Å². The van der Waals surface area contributed by atoms with Crippen molar-refractivity contribution < 1.29 is 4.79 Å². The van der Waals surface area contributed by atoms with E-state index in [1.54, 1.807) is 29.3 Å². The van der Waals surface area contributed by atoms with E-state index >= 15 is 0 Å². The predicted molar refractivity (Wildman–Crippen MR) is 75.8 cm³/mol. The summed E-state index contributed by atoms with van der Waals surface area (Å²) < 4.78 is 1.17. The molecule has 0 saturated heterocycles. The van der Waals surface area contributed by atoms with Crippen molar-refractivity contribution in [2.45, 2.75) is 13.8 Å². The number of rotatable bonds is 4. The largest absolute Gasteiger partial charge is 0.392 e. The summed E-state index contributed by atoms with van der Waals surface area (Å²) in [5, 5.41) is 2.74. The highest BCUT2D eigenvalue weighted by Gasteiger charge is 2.22. The Balaban J connectivity index is 2.49. The Morgan fingerprint density at radius 1 is 1.40 bits per heavy atom. The molecule has 0 aliphatic rings. The molecule has 106 valence electrons. The second kappa shape index (κ2) is 5.60. The fraction of sp³-hybridized carbons (Fsp3) is 0.308. The number of nitrogens with zero attached hydrogens (tertiary/aromatic N) is 3. The summed E-state index contributed by atoms with van der Waals surface area (Å²) in [5.74, 6) is 0.0991. The molecule has 0 spiro atoms. The van der Waals surface area contributed by atoms with E-state index in [0.29, 0.717) is 18.9 Å². The molecular weight excluding hydrogens is 258 g/mol. The number of nitrogen functional groups attached to an aromatic ring is 1. The molecule has 7 heteroatoms. The van der Waals surface area contributed by atoms with E-state index in [4.69, 9.17) is 5.73 Å². The second-order valence-electron chi connectivity index (χ2n) is 4.21. The van der Waals surface area contributed by atoms with Gasteiger partial charge in [0.05, 0.1) is 0 Å². The number of pyridine rings is 1. The number of aromatic nitrogens is 3. The third-order valence-electron chi connectivity index (χ3n) is 3.07. The third-order valence-corrected chi connectivity index (χ3v) is 3.07. The molecule has 1 amide bonds. The molecule has 2 aromatic heterocycles. The van der Waals surface area contributed by atoms with Crippen LogP contribution in [0.1, 0.15) is 24.3 Å². The van der Waals surface area contributed by atoms with Gasteiger partial charge in [-0.1, -0.05) is 6.07 Å². The van der Waals surface area contributed by atoms with Crippen LogP contribution in [0, 0.1) is 0 Å². The van der Waals surface area contributed by atoms with Crippen molar-refractivity contribution >= 4 is 11.6 Å². The highest BCUT2D eigenvalue weighted by atomic mass is 16.2. The SMILES string of the molecule is CCN(CC)C(=O)c1[nH]n(-c2ccccn2)c(=O)c1N. The molecule has 0 unspecified atom stereocenters. The number of nitrogens with one attached hydrogen (secondary N) is 1. The van der Waals surface area contributed by atoms with Gasteiger partial charge in [-0.3, -0.25) is 14.7 Å². The van der Waals surface area contributed by atoms with Crippen LogP contribution in [-0.4, -0.2) is 38.7 Å². The first kappa shape index (κ1) is 13.9. The number of carbonyl (C=O) groups excluding carboxylic acids is 1. The minimum absolute atomic E-state index is 0.0902. The van der Waals surface area contributed by atoms with Crippen molar-refractivity contribution in [2.75, 3.05) is 18.8 Å². The zero-order chi connectivity index (χ0) is 14.7. The maximum atomic E-state index is 12.3. The van der Waals surface area contributed by atoms with Crippen LogP contribution in [0.3, 0.4) is 0 Å². The van der Waals surface area contributed by atoms with Crippen LogP contribution >= 0.6 is 0 Å². The summed E-state index contributed by atoms with van der Waals surface area (Å²) in [5.41, 5.74) is 5.29. The average Bonchev–Trinajstić information content (AvgIpc) is 2.77. The lowest BCUT2D eigenvalue weighted by atomic mass is 10.3. The zero-order valence-electron chi connectivity index (χ0n) is 11.5. The molecule has 7 nitrogen and oxygen atoms in total. The van der Waals surface area contributed by atoms with E-state index in [1.807, 2.05) is 13.8 Å². The number of nitrogens with two attached hydrogens (primary N) is 1. The van der Waals surface area contributed by atoms with Gasteiger partial charge in [0.25, 0.3) is 11.5 Å². The molecule has 2 aromatic rings. The van der Waals surface area contributed by atoms with Crippen molar-refractivity contribution in [1.82, 2.24) is 19.7 Å². The Kier molecular flexibility index (Phi) is 3.88. The molecule has 2 rings (SSSR count). The summed E-state index contributed by atoms with van der Waals surface area (Å²) in [6.07, 6.45) is 1.56. The monoisotopic (exact) mass is 275 g/mol. The van der Waals surface area contributed by atoms with Crippen molar-refractivity contribution in [3.8, 4) is 5.82 Å². The van der Waals surface area contributed by atoms with E-state index in [9.17, 15) is 9.59 Å². The van der Waals surface area contributed by atoms with E-state index in [-0.39, 0.29) is 17.3 Å². The van der Waals surface area contributed by atoms with Gasteiger partial charge in [0.15, 0.2) is 5.82 Å². The van der Waals surface area contributed by atoms with Crippen LogP contribution in [0.5, 0.6) is 0 Å². The third kappa shape index (κ3) is 2.29. The molecule has 0 fully saturated rings. The van der Waals surface area contributed by atoms with Gasteiger partial charge >= 0.3 is 0 Å². The predicted octanol–water partition coefficient (Wildman–Crippen LogP) is 0.625. The van der Waals surface area contributed by atoms with Gasteiger partial charge in [0.2, 0.25) is 0 Å². The van der Waals surface area contributed by atoms with Crippen LogP contribution in [-0.2, 0) is 0 Å². The molecular formula is C13H17N5O2. The topological polar surface area (TPSA) is 97.0 Å². The fourth-order valence-corrected chi connectivity index (χ4v) is 1.93. The van der Waals surface area contributed by atoms with Gasteiger partial charge in [-0.15, -0.1) is 0 Å². The van der Waals surface area contributed by atoms with Crippen molar-refractivity contribution in [1.29, 1.82) is 0 Å². The lowest BCUT2D eigenvalue weighted by Gasteiger charge is -2.17. The summed E-state index contributed by atoms with van der Waals surface area (Å²) >= 11 is 0. The molecule has 0 atom stereocenters. The summed E-state index contributed by atoms with van der Waals surface area (Å²) in [4.78, 5) is 30.0. The van der Waals surface area contributed by atoms with Gasteiger partial charge < -0.3 is 10.6 Å². The Morgan fingerprint density at radius 2 is 2.10 bits per heavy atom. The van der Waals surface area contributed by atoms with Gasteiger partial charge in [-0.2, -0.15) is 4.68 Å². The first-order valence-electron chi connectivity index (χ1n) is 6.41. The zero-order valence-corrected chi connectivity index (χ0v) is 11.5. The molecule has 20 heavy (non-hydrogen) atoms. The lowest BCUT2D eigenvalue weighted by molar-refractivity contribution is 0.0767. The highest BCUT2D eigenvalue weighted by molar-refractivity contribution is 5.97. The van der Waals surface area contributed by atoms with Crippen LogP contribution in [0.4, 0.5) is 5.69 Å².